The summed E-state index contributed by atoms with van der Waals surface area (Å²) in [5, 5.41) is 11.4. The van der Waals surface area contributed by atoms with Gasteiger partial charge in [-0.2, -0.15) is 0 Å². The molecule has 5 heteroatoms. The Morgan fingerprint density at radius 3 is 2.70 bits per heavy atom. The number of aliphatic hydroxyl groups is 1. The molecule has 0 atom stereocenters. The number of nitrogens with one attached hydrogen (secondary N) is 1. The second-order valence-corrected chi connectivity index (χ2v) is 3.93. The van der Waals surface area contributed by atoms with E-state index in [2.05, 4.69) is 27.1 Å². The van der Waals surface area contributed by atoms with Gasteiger partial charge in [-0.15, -0.1) is 0 Å². The molecule has 1 aromatic heterocycles. The van der Waals surface area contributed by atoms with Crippen molar-refractivity contribution in [1.29, 1.82) is 0 Å². The van der Waals surface area contributed by atoms with E-state index in [4.69, 9.17) is 5.11 Å². The van der Waals surface area contributed by atoms with Gasteiger partial charge in [0, 0.05) is 24.5 Å². The van der Waals surface area contributed by atoms with Gasteiger partial charge in [-0.25, -0.2) is 4.98 Å². The average molecular weight is 267 g/mol. The van der Waals surface area contributed by atoms with Crippen LogP contribution in [0.2, 0.25) is 0 Å². The topological polar surface area (TPSA) is 75.1 Å². The molecule has 0 fully saturated rings. The van der Waals surface area contributed by atoms with Crippen LogP contribution in [-0.2, 0) is 6.54 Å². The summed E-state index contributed by atoms with van der Waals surface area (Å²) in [4.78, 5) is 19.5. The molecule has 100 valence electrons. The monoisotopic (exact) mass is 267 g/mol. The van der Waals surface area contributed by atoms with E-state index in [1.54, 1.807) is 0 Å². The van der Waals surface area contributed by atoms with E-state index < -0.39 is 0 Å². The zero-order valence-corrected chi connectivity index (χ0v) is 10.7. The summed E-state index contributed by atoms with van der Waals surface area (Å²) in [5.41, 5.74) is 2.07. The first kappa shape index (κ1) is 13.7. The van der Waals surface area contributed by atoms with E-state index in [9.17, 15) is 4.79 Å². The molecule has 0 radical (unpaired) electrons. The number of amides is 1. The third-order valence-corrected chi connectivity index (χ3v) is 2.51. The number of rotatable bonds is 3. The van der Waals surface area contributed by atoms with Gasteiger partial charge in [0.25, 0.3) is 5.91 Å². The SMILES string of the molecule is O=C(NCc1ccc(C#CCO)cc1)c1cnccn1. The van der Waals surface area contributed by atoms with Gasteiger partial charge in [0.15, 0.2) is 0 Å². The van der Waals surface area contributed by atoms with Crippen LogP contribution < -0.4 is 5.32 Å². The first-order valence-electron chi connectivity index (χ1n) is 6.02. The molecule has 0 spiro atoms. The van der Waals surface area contributed by atoms with Gasteiger partial charge in [0.2, 0.25) is 0 Å². The van der Waals surface area contributed by atoms with Crippen molar-refractivity contribution in [1.82, 2.24) is 15.3 Å². The van der Waals surface area contributed by atoms with Crippen molar-refractivity contribution in [2.24, 2.45) is 0 Å². The summed E-state index contributed by atoms with van der Waals surface area (Å²) < 4.78 is 0. The maximum Gasteiger partial charge on any atom is 0.271 e. The van der Waals surface area contributed by atoms with Crippen molar-refractivity contribution in [2.75, 3.05) is 6.61 Å². The summed E-state index contributed by atoms with van der Waals surface area (Å²) in [6.07, 6.45) is 4.41. The van der Waals surface area contributed by atoms with Crippen LogP contribution in [0.25, 0.3) is 0 Å². The van der Waals surface area contributed by atoms with Gasteiger partial charge in [-0.05, 0) is 17.7 Å². The number of benzene rings is 1. The molecule has 1 amide bonds. The lowest BCUT2D eigenvalue weighted by atomic mass is 10.1. The van der Waals surface area contributed by atoms with Crippen molar-refractivity contribution in [3.8, 4) is 11.8 Å². The van der Waals surface area contributed by atoms with Crippen molar-refractivity contribution in [2.45, 2.75) is 6.54 Å². The Bertz CT molecular complexity index is 628. The molecule has 2 N–H and O–H groups in total. The predicted molar refractivity (Wildman–Crippen MR) is 73.6 cm³/mol. The lowest BCUT2D eigenvalue weighted by Gasteiger charge is -2.04. The maximum absolute atomic E-state index is 11.8. The van der Waals surface area contributed by atoms with Gasteiger partial charge >= 0.3 is 0 Å². The highest BCUT2D eigenvalue weighted by Gasteiger charge is 2.05. The van der Waals surface area contributed by atoms with Crippen molar-refractivity contribution < 1.29 is 9.90 Å². The minimum absolute atomic E-state index is 0.157. The Balaban J connectivity index is 1.93. The van der Waals surface area contributed by atoms with E-state index in [-0.39, 0.29) is 18.2 Å². The molecule has 0 aliphatic rings. The van der Waals surface area contributed by atoms with Crippen LogP contribution in [0.15, 0.2) is 42.9 Å². The number of carbonyl (C=O) groups excluding carboxylic acids is 1. The first-order valence-corrected chi connectivity index (χ1v) is 6.02. The molecule has 0 unspecified atom stereocenters. The fraction of sp³-hybridized carbons (Fsp3) is 0.133. The fourth-order valence-electron chi connectivity index (χ4n) is 1.54. The highest BCUT2D eigenvalue weighted by Crippen LogP contribution is 2.03. The Hall–Kier alpha value is -2.71. The summed E-state index contributed by atoms with van der Waals surface area (Å²) in [7, 11) is 0. The van der Waals surface area contributed by atoms with Crippen molar-refractivity contribution in [3.05, 3.63) is 59.7 Å². The predicted octanol–water partition coefficient (Wildman–Crippen LogP) is 0.750. The van der Waals surface area contributed by atoms with E-state index in [0.29, 0.717) is 6.54 Å². The third-order valence-electron chi connectivity index (χ3n) is 2.51. The Labute approximate surface area is 116 Å². The number of carbonyl (C=O) groups is 1. The summed E-state index contributed by atoms with van der Waals surface area (Å²) >= 11 is 0. The van der Waals surface area contributed by atoms with Gasteiger partial charge < -0.3 is 10.4 Å². The molecular weight excluding hydrogens is 254 g/mol. The molecule has 0 aliphatic heterocycles. The van der Waals surface area contributed by atoms with E-state index >= 15 is 0 Å². The van der Waals surface area contributed by atoms with Crippen LogP contribution in [0.4, 0.5) is 0 Å². The second kappa shape index (κ2) is 7.02. The molecule has 0 aliphatic carbocycles. The van der Waals surface area contributed by atoms with Gasteiger partial charge in [0.1, 0.15) is 12.3 Å². The molecular formula is C15H13N3O2. The minimum atomic E-state index is -0.262. The van der Waals surface area contributed by atoms with E-state index in [1.165, 1.54) is 18.6 Å². The van der Waals surface area contributed by atoms with Crippen LogP contribution in [-0.4, -0.2) is 27.6 Å². The number of nitrogens with zero attached hydrogens (tertiary/aromatic N) is 2. The molecule has 2 rings (SSSR count). The van der Waals surface area contributed by atoms with Gasteiger partial charge in [-0.3, -0.25) is 9.78 Å². The number of hydrogen-bond donors (Lipinski definition) is 2. The second-order valence-electron chi connectivity index (χ2n) is 3.93. The number of hydrogen-bond acceptors (Lipinski definition) is 4. The maximum atomic E-state index is 11.8. The van der Waals surface area contributed by atoms with E-state index in [0.717, 1.165) is 11.1 Å². The number of aliphatic hydroxyl groups excluding tert-OH is 1. The van der Waals surface area contributed by atoms with Crippen LogP contribution in [0.5, 0.6) is 0 Å². The average Bonchev–Trinajstić information content (AvgIpc) is 2.52. The molecule has 0 bridgehead atoms. The highest BCUT2D eigenvalue weighted by molar-refractivity contribution is 5.91. The zero-order valence-electron chi connectivity index (χ0n) is 10.7. The summed E-state index contributed by atoms with van der Waals surface area (Å²) in [6, 6.07) is 7.43. The lowest BCUT2D eigenvalue weighted by Crippen LogP contribution is -2.23. The first-order chi connectivity index (χ1) is 9.79. The number of aromatic nitrogens is 2. The Kier molecular flexibility index (Phi) is 4.81. The Morgan fingerprint density at radius 2 is 2.05 bits per heavy atom. The third kappa shape index (κ3) is 3.90. The molecule has 20 heavy (non-hydrogen) atoms. The Morgan fingerprint density at radius 1 is 1.25 bits per heavy atom. The van der Waals surface area contributed by atoms with Crippen molar-refractivity contribution >= 4 is 5.91 Å². The largest absolute Gasteiger partial charge is 0.384 e. The standard InChI is InChI=1S/C15H13N3O2/c19-9-1-2-12-3-5-13(6-4-12)10-18-15(20)14-11-16-7-8-17-14/h3-8,11,19H,9-10H2,(H,18,20). The van der Waals surface area contributed by atoms with Gasteiger partial charge in [0.05, 0.1) is 6.20 Å². The van der Waals surface area contributed by atoms with Crippen molar-refractivity contribution in [3.63, 3.8) is 0 Å². The summed E-state index contributed by atoms with van der Waals surface area (Å²) in [5.74, 6) is 5.12. The summed E-state index contributed by atoms with van der Waals surface area (Å²) in [6.45, 7) is 0.249. The molecule has 5 nitrogen and oxygen atoms in total. The smallest absolute Gasteiger partial charge is 0.271 e. The zero-order chi connectivity index (χ0) is 14.2. The van der Waals surface area contributed by atoms with Crippen LogP contribution in [0.1, 0.15) is 21.6 Å². The molecule has 0 saturated carbocycles. The molecule has 2 aromatic rings. The minimum Gasteiger partial charge on any atom is -0.384 e. The normalized spacial score (nSPS) is 9.45. The van der Waals surface area contributed by atoms with Crippen LogP contribution in [0.3, 0.4) is 0 Å². The fourth-order valence-corrected chi connectivity index (χ4v) is 1.54. The van der Waals surface area contributed by atoms with Gasteiger partial charge in [-0.1, -0.05) is 24.0 Å². The molecule has 1 aromatic carbocycles. The highest BCUT2D eigenvalue weighted by atomic mass is 16.2. The molecule has 0 saturated heterocycles. The van der Waals surface area contributed by atoms with E-state index in [1.807, 2.05) is 24.3 Å². The quantitative estimate of drug-likeness (QED) is 0.805. The van der Waals surface area contributed by atoms with Crippen LogP contribution in [0, 0.1) is 11.8 Å². The van der Waals surface area contributed by atoms with Crippen LogP contribution >= 0.6 is 0 Å². The molecule has 1 heterocycles. The lowest BCUT2D eigenvalue weighted by molar-refractivity contribution is 0.0945.